The molecule has 10 heteroatoms. The highest BCUT2D eigenvalue weighted by atomic mass is 35.5. The number of rotatable bonds is 8. The summed E-state index contributed by atoms with van der Waals surface area (Å²) >= 11 is 5.84. The fourth-order valence-electron chi connectivity index (χ4n) is 2.62. The van der Waals surface area contributed by atoms with Crippen LogP contribution in [0.3, 0.4) is 0 Å². The van der Waals surface area contributed by atoms with Gasteiger partial charge in [-0.1, -0.05) is 35.9 Å². The van der Waals surface area contributed by atoms with E-state index in [0.29, 0.717) is 10.7 Å². The molecule has 0 aliphatic heterocycles. The lowest BCUT2D eigenvalue weighted by Crippen LogP contribution is -2.39. The second-order valence-corrected chi connectivity index (χ2v) is 8.74. The van der Waals surface area contributed by atoms with Crippen LogP contribution in [0.1, 0.15) is 11.3 Å². The van der Waals surface area contributed by atoms with E-state index in [1.807, 2.05) is 0 Å². The number of carbonyl (C=O) groups is 1. The lowest BCUT2D eigenvalue weighted by Gasteiger charge is -2.21. The molecule has 0 unspecified atom stereocenters. The summed E-state index contributed by atoms with van der Waals surface area (Å²) in [4.78, 5) is 16.3. The van der Waals surface area contributed by atoms with Crippen molar-refractivity contribution in [2.45, 2.75) is 11.4 Å². The largest absolute Gasteiger partial charge is 0.272 e. The molecule has 0 saturated carbocycles. The van der Waals surface area contributed by atoms with Crippen LogP contribution in [0, 0.1) is 5.82 Å². The van der Waals surface area contributed by atoms with Gasteiger partial charge in [-0.05, 0) is 42.5 Å². The van der Waals surface area contributed by atoms with E-state index in [9.17, 15) is 17.6 Å². The number of benzene rings is 2. The molecule has 0 bridgehead atoms. The molecule has 0 aliphatic rings. The number of nitrogens with one attached hydrogen (secondary N) is 1. The molecular formula is C21H18ClFN4O3S. The minimum absolute atomic E-state index is 0.0713. The number of pyridine rings is 1. The van der Waals surface area contributed by atoms with Crippen molar-refractivity contribution in [3.63, 3.8) is 0 Å². The number of amides is 1. The lowest BCUT2D eigenvalue weighted by atomic mass is 10.2. The zero-order valence-corrected chi connectivity index (χ0v) is 17.7. The first kappa shape index (κ1) is 22.5. The van der Waals surface area contributed by atoms with Crippen LogP contribution in [0.25, 0.3) is 0 Å². The van der Waals surface area contributed by atoms with Crippen LogP contribution in [0.15, 0.2) is 82.9 Å². The Morgan fingerprint density at radius 1 is 1.10 bits per heavy atom. The highest BCUT2D eigenvalue weighted by Crippen LogP contribution is 2.21. The summed E-state index contributed by atoms with van der Waals surface area (Å²) in [5.74, 6) is -1.27. The van der Waals surface area contributed by atoms with Gasteiger partial charge in [0.25, 0.3) is 5.91 Å². The minimum atomic E-state index is -4.12. The van der Waals surface area contributed by atoms with E-state index in [2.05, 4.69) is 15.5 Å². The second-order valence-electron chi connectivity index (χ2n) is 6.37. The first-order valence-electron chi connectivity index (χ1n) is 9.08. The van der Waals surface area contributed by atoms with Gasteiger partial charge >= 0.3 is 0 Å². The third-order valence-corrected chi connectivity index (χ3v) is 6.21. The number of aromatic nitrogens is 1. The zero-order chi connectivity index (χ0) is 22.3. The van der Waals surface area contributed by atoms with Crippen molar-refractivity contribution in [1.29, 1.82) is 0 Å². The molecule has 1 amide bonds. The summed E-state index contributed by atoms with van der Waals surface area (Å²) in [5, 5.41) is 4.15. The fourth-order valence-corrected chi connectivity index (χ4v) is 4.12. The van der Waals surface area contributed by atoms with Gasteiger partial charge in [0.2, 0.25) is 10.0 Å². The van der Waals surface area contributed by atoms with Crippen molar-refractivity contribution in [2.75, 3.05) is 6.54 Å². The summed E-state index contributed by atoms with van der Waals surface area (Å²) in [6.07, 6.45) is 2.89. The standard InChI is InChI=1S/C21H18ClFN4O3S/c22-17-8-10-19(11-9-17)31(29,30)27(14-16-5-1-2-7-20(16)23)15-21(28)26-25-13-18-6-3-4-12-24-18/h1-13H,14-15H2,(H,26,28)/b25-13-. The highest BCUT2D eigenvalue weighted by Gasteiger charge is 2.27. The van der Waals surface area contributed by atoms with Crippen molar-refractivity contribution in [2.24, 2.45) is 5.10 Å². The average molecular weight is 461 g/mol. The predicted molar refractivity (Wildman–Crippen MR) is 115 cm³/mol. The summed E-state index contributed by atoms with van der Waals surface area (Å²) in [7, 11) is -4.12. The number of carbonyl (C=O) groups excluding carboxylic acids is 1. The molecule has 3 rings (SSSR count). The van der Waals surface area contributed by atoms with Gasteiger partial charge in [-0.15, -0.1) is 0 Å². The van der Waals surface area contributed by atoms with E-state index in [1.54, 1.807) is 30.5 Å². The summed E-state index contributed by atoms with van der Waals surface area (Å²) < 4.78 is 41.3. The normalized spacial score (nSPS) is 11.7. The third-order valence-electron chi connectivity index (χ3n) is 4.15. The van der Waals surface area contributed by atoms with Crippen LogP contribution in [-0.4, -0.2) is 36.4 Å². The van der Waals surface area contributed by atoms with E-state index >= 15 is 0 Å². The van der Waals surface area contributed by atoms with E-state index in [4.69, 9.17) is 11.6 Å². The maximum Gasteiger partial charge on any atom is 0.255 e. The molecule has 1 aromatic heterocycles. The average Bonchev–Trinajstić information content (AvgIpc) is 2.76. The Hall–Kier alpha value is -3.14. The molecule has 0 aliphatic carbocycles. The number of nitrogens with zero attached hydrogens (tertiary/aromatic N) is 3. The molecule has 0 spiro atoms. The molecule has 31 heavy (non-hydrogen) atoms. The predicted octanol–water partition coefficient (Wildman–Crippen LogP) is 3.22. The van der Waals surface area contributed by atoms with E-state index in [1.165, 1.54) is 48.7 Å². The Balaban J connectivity index is 1.81. The topological polar surface area (TPSA) is 91.7 Å². The molecule has 0 atom stereocenters. The van der Waals surface area contributed by atoms with Gasteiger partial charge in [0, 0.05) is 23.3 Å². The number of hydrazone groups is 1. The van der Waals surface area contributed by atoms with Crippen molar-refractivity contribution < 1.29 is 17.6 Å². The lowest BCUT2D eigenvalue weighted by molar-refractivity contribution is -0.121. The number of hydrogen-bond acceptors (Lipinski definition) is 5. The molecule has 3 aromatic rings. The van der Waals surface area contributed by atoms with Gasteiger partial charge in [-0.3, -0.25) is 9.78 Å². The number of halogens is 2. The summed E-state index contributed by atoms with van der Waals surface area (Å²) in [6.45, 7) is -0.909. The quantitative estimate of drug-likeness (QED) is 0.412. The Bertz CT molecular complexity index is 1170. The molecular weight excluding hydrogens is 443 g/mol. The van der Waals surface area contributed by atoms with Gasteiger partial charge in [0.05, 0.1) is 23.3 Å². The highest BCUT2D eigenvalue weighted by molar-refractivity contribution is 7.89. The molecule has 0 saturated heterocycles. The van der Waals surface area contributed by atoms with Crippen LogP contribution in [0.5, 0.6) is 0 Å². The molecule has 7 nitrogen and oxygen atoms in total. The van der Waals surface area contributed by atoms with Crippen LogP contribution in [0.4, 0.5) is 4.39 Å². The second kappa shape index (κ2) is 10.3. The van der Waals surface area contributed by atoms with Gasteiger partial charge in [0.1, 0.15) is 5.82 Å². The van der Waals surface area contributed by atoms with Gasteiger partial charge in [-0.25, -0.2) is 18.2 Å². The molecule has 0 radical (unpaired) electrons. The van der Waals surface area contributed by atoms with Crippen molar-refractivity contribution >= 4 is 33.7 Å². The van der Waals surface area contributed by atoms with Crippen LogP contribution < -0.4 is 5.43 Å². The Morgan fingerprint density at radius 3 is 2.48 bits per heavy atom. The van der Waals surface area contributed by atoms with Gasteiger partial charge in [-0.2, -0.15) is 9.41 Å². The molecule has 0 fully saturated rings. The van der Waals surface area contributed by atoms with Crippen LogP contribution >= 0.6 is 11.6 Å². The zero-order valence-electron chi connectivity index (χ0n) is 16.2. The summed E-state index contributed by atoms with van der Waals surface area (Å²) in [5.41, 5.74) is 2.91. The van der Waals surface area contributed by atoms with Gasteiger partial charge < -0.3 is 0 Å². The van der Waals surface area contributed by atoms with E-state index < -0.39 is 28.3 Å². The number of sulfonamides is 1. The van der Waals surface area contributed by atoms with Crippen LogP contribution in [-0.2, 0) is 21.4 Å². The Morgan fingerprint density at radius 2 is 1.81 bits per heavy atom. The molecule has 160 valence electrons. The Kier molecular flexibility index (Phi) is 7.45. The molecule has 2 aromatic carbocycles. The first-order valence-corrected chi connectivity index (χ1v) is 10.9. The summed E-state index contributed by atoms with van der Waals surface area (Å²) in [6, 6.07) is 16.4. The molecule has 1 heterocycles. The molecule has 1 N–H and O–H groups in total. The maximum absolute atomic E-state index is 14.2. The van der Waals surface area contributed by atoms with Gasteiger partial charge in [0.15, 0.2) is 0 Å². The third kappa shape index (κ3) is 6.17. The Labute approximate surface area is 184 Å². The minimum Gasteiger partial charge on any atom is -0.272 e. The SMILES string of the molecule is O=C(CN(Cc1ccccc1F)S(=O)(=O)c1ccc(Cl)cc1)N/N=C\c1ccccn1. The van der Waals surface area contributed by atoms with Crippen molar-refractivity contribution in [3.05, 3.63) is 95.0 Å². The fraction of sp³-hybridized carbons (Fsp3) is 0.0952. The van der Waals surface area contributed by atoms with E-state index in [-0.39, 0.29) is 17.0 Å². The number of hydrogen-bond donors (Lipinski definition) is 1. The monoisotopic (exact) mass is 460 g/mol. The smallest absolute Gasteiger partial charge is 0.255 e. The van der Waals surface area contributed by atoms with Crippen molar-refractivity contribution in [1.82, 2.24) is 14.7 Å². The van der Waals surface area contributed by atoms with Crippen molar-refractivity contribution in [3.8, 4) is 0 Å². The van der Waals surface area contributed by atoms with Crippen LogP contribution in [0.2, 0.25) is 5.02 Å². The maximum atomic E-state index is 14.2. The first-order chi connectivity index (χ1) is 14.9. The van der Waals surface area contributed by atoms with E-state index in [0.717, 1.165) is 4.31 Å².